The van der Waals surface area contributed by atoms with Gasteiger partial charge in [-0.25, -0.2) is 9.37 Å². The van der Waals surface area contributed by atoms with Crippen LogP contribution in [0.3, 0.4) is 0 Å². The van der Waals surface area contributed by atoms with E-state index in [0.717, 1.165) is 0 Å². The third kappa shape index (κ3) is 3.77. The second kappa shape index (κ2) is 6.65. The van der Waals surface area contributed by atoms with E-state index in [-0.39, 0.29) is 17.3 Å². The number of halogens is 2. The van der Waals surface area contributed by atoms with Crippen LogP contribution < -0.4 is 5.32 Å². The number of amides is 1. The number of aryl methyl sites for hydroxylation is 1. The minimum absolute atomic E-state index is 0.0119. The zero-order valence-electron chi connectivity index (χ0n) is 11.3. The lowest BCUT2D eigenvalue weighted by atomic mass is 10.1. The maximum Gasteiger partial charge on any atom is 0.270 e. The Kier molecular flexibility index (Phi) is 4.88. The normalized spacial score (nSPS) is 12.0. The molecule has 1 unspecified atom stereocenters. The lowest BCUT2D eigenvalue weighted by molar-refractivity contribution is 0.0911. The molecule has 0 saturated carbocycles. The highest BCUT2D eigenvalue weighted by Crippen LogP contribution is 2.20. The first-order valence-corrected chi connectivity index (χ1v) is 6.69. The fraction of sp³-hybridized carbons (Fsp3) is 0.200. The molecule has 2 aromatic rings. The van der Waals surface area contributed by atoms with Gasteiger partial charge in [0.15, 0.2) is 0 Å². The number of carbonyl (C=O) groups excluding carboxylic acids is 1. The summed E-state index contributed by atoms with van der Waals surface area (Å²) in [5, 5.41) is 12.0. The molecule has 4 nitrogen and oxygen atoms in total. The molecule has 2 N–H and O–H groups in total. The van der Waals surface area contributed by atoms with Gasteiger partial charge in [-0.3, -0.25) is 4.79 Å². The zero-order chi connectivity index (χ0) is 15.4. The minimum atomic E-state index is -0.730. The first-order valence-electron chi connectivity index (χ1n) is 6.31. The fourth-order valence-corrected chi connectivity index (χ4v) is 1.98. The zero-order valence-corrected chi connectivity index (χ0v) is 12.1. The van der Waals surface area contributed by atoms with Crippen molar-refractivity contribution in [1.82, 2.24) is 10.3 Å². The van der Waals surface area contributed by atoms with E-state index in [2.05, 4.69) is 10.3 Å². The number of aromatic nitrogens is 1. The predicted molar refractivity (Wildman–Crippen MR) is 77.7 cm³/mol. The molecular formula is C15H14ClFN2O2. The molecule has 1 atom stereocenters. The maximum absolute atomic E-state index is 13.5. The molecule has 0 aliphatic rings. The smallest absolute Gasteiger partial charge is 0.270 e. The molecule has 6 heteroatoms. The quantitative estimate of drug-likeness (QED) is 0.913. The molecule has 1 aromatic carbocycles. The molecule has 2 rings (SSSR count). The third-order valence-electron chi connectivity index (χ3n) is 2.95. The van der Waals surface area contributed by atoms with Crippen molar-refractivity contribution in [3.63, 3.8) is 0 Å². The third-order valence-corrected chi connectivity index (χ3v) is 3.26. The molecule has 21 heavy (non-hydrogen) atoms. The Hall–Kier alpha value is -1.98. The summed E-state index contributed by atoms with van der Waals surface area (Å²) in [5.74, 6) is -1.04. The number of hydrogen-bond donors (Lipinski definition) is 2. The van der Waals surface area contributed by atoms with Crippen LogP contribution in [0.15, 0.2) is 36.4 Å². The molecule has 0 aliphatic heterocycles. The Balaban J connectivity index is 2.18. The van der Waals surface area contributed by atoms with Gasteiger partial charge in [-0.15, -0.1) is 0 Å². The van der Waals surface area contributed by atoms with Gasteiger partial charge in [0, 0.05) is 5.69 Å². The van der Waals surface area contributed by atoms with Gasteiger partial charge in [0.2, 0.25) is 0 Å². The number of aliphatic hydroxyl groups is 1. The number of nitrogens with zero attached hydrogens (tertiary/aromatic N) is 1. The number of aliphatic hydroxyl groups excluding tert-OH is 1. The summed E-state index contributed by atoms with van der Waals surface area (Å²) in [7, 11) is 0. The summed E-state index contributed by atoms with van der Waals surface area (Å²) in [6.45, 7) is 1.41. The van der Waals surface area contributed by atoms with Crippen molar-refractivity contribution in [1.29, 1.82) is 0 Å². The van der Waals surface area contributed by atoms with Gasteiger partial charge in [0.25, 0.3) is 5.91 Å². The van der Waals surface area contributed by atoms with Gasteiger partial charge in [0.05, 0.1) is 17.7 Å². The highest BCUT2D eigenvalue weighted by Gasteiger charge is 2.17. The van der Waals surface area contributed by atoms with Crippen LogP contribution in [0.5, 0.6) is 0 Å². The second-order valence-electron chi connectivity index (χ2n) is 4.55. The summed E-state index contributed by atoms with van der Waals surface area (Å²) in [5.41, 5.74) is 1.38. The Labute approximate surface area is 126 Å². The summed E-state index contributed by atoms with van der Waals surface area (Å²) in [4.78, 5) is 16.2. The van der Waals surface area contributed by atoms with Crippen LogP contribution in [0.25, 0.3) is 0 Å². The summed E-state index contributed by atoms with van der Waals surface area (Å²) < 4.78 is 13.5. The van der Waals surface area contributed by atoms with Gasteiger partial charge in [-0.1, -0.05) is 23.7 Å². The van der Waals surface area contributed by atoms with Crippen LogP contribution in [0.4, 0.5) is 4.39 Å². The average Bonchev–Trinajstić information content (AvgIpc) is 2.47. The molecule has 0 aliphatic carbocycles. The lowest BCUT2D eigenvalue weighted by Crippen LogP contribution is -2.31. The number of nitrogens with one attached hydrogen (secondary N) is 1. The van der Waals surface area contributed by atoms with E-state index in [1.54, 1.807) is 31.2 Å². The Morgan fingerprint density at radius 1 is 1.43 bits per heavy atom. The molecule has 1 amide bonds. The highest BCUT2D eigenvalue weighted by atomic mass is 35.5. The van der Waals surface area contributed by atoms with Crippen LogP contribution >= 0.6 is 11.6 Å². The van der Waals surface area contributed by atoms with E-state index in [0.29, 0.717) is 11.3 Å². The largest absolute Gasteiger partial charge is 0.394 e. The molecule has 0 fully saturated rings. The van der Waals surface area contributed by atoms with Crippen LogP contribution in [-0.2, 0) is 0 Å². The number of carbonyl (C=O) groups is 1. The van der Waals surface area contributed by atoms with Crippen molar-refractivity contribution in [2.75, 3.05) is 6.61 Å². The van der Waals surface area contributed by atoms with E-state index in [9.17, 15) is 14.3 Å². The Morgan fingerprint density at radius 2 is 2.19 bits per heavy atom. The summed E-state index contributed by atoms with van der Waals surface area (Å²) >= 11 is 5.61. The highest BCUT2D eigenvalue weighted by molar-refractivity contribution is 6.30. The van der Waals surface area contributed by atoms with Crippen molar-refractivity contribution in [2.45, 2.75) is 13.0 Å². The summed E-state index contributed by atoms with van der Waals surface area (Å²) in [6.07, 6.45) is 0. The van der Waals surface area contributed by atoms with E-state index >= 15 is 0 Å². The van der Waals surface area contributed by atoms with Gasteiger partial charge in [0.1, 0.15) is 11.5 Å². The number of benzene rings is 1. The Bertz CT molecular complexity index is 664. The van der Waals surface area contributed by atoms with Gasteiger partial charge in [-0.05, 0) is 36.8 Å². The van der Waals surface area contributed by atoms with Crippen molar-refractivity contribution >= 4 is 17.5 Å². The minimum Gasteiger partial charge on any atom is -0.394 e. The molecule has 0 saturated heterocycles. The molecular weight excluding hydrogens is 295 g/mol. The summed E-state index contributed by atoms with van der Waals surface area (Å²) in [6, 6.07) is 8.45. The number of rotatable bonds is 4. The monoisotopic (exact) mass is 308 g/mol. The van der Waals surface area contributed by atoms with E-state index in [1.165, 1.54) is 12.1 Å². The molecule has 1 aromatic heterocycles. The van der Waals surface area contributed by atoms with Crippen LogP contribution in [-0.4, -0.2) is 22.6 Å². The first-order chi connectivity index (χ1) is 10.0. The molecule has 1 heterocycles. The number of hydrogen-bond acceptors (Lipinski definition) is 3. The van der Waals surface area contributed by atoms with Gasteiger partial charge in [-0.2, -0.15) is 0 Å². The lowest BCUT2D eigenvalue weighted by Gasteiger charge is -2.17. The van der Waals surface area contributed by atoms with E-state index in [1.807, 2.05) is 0 Å². The first kappa shape index (κ1) is 15.4. The van der Waals surface area contributed by atoms with E-state index in [4.69, 9.17) is 11.6 Å². The van der Waals surface area contributed by atoms with Crippen molar-refractivity contribution < 1.29 is 14.3 Å². The average molecular weight is 309 g/mol. The van der Waals surface area contributed by atoms with Crippen LogP contribution in [0.1, 0.15) is 27.8 Å². The van der Waals surface area contributed by atoms with E-state index < -0.39 is 17.8 Å². The molecule has 110 valence electrons. The SMILES string of the molecule is Cc1cccc(C(=O)NC(CO)c2ccc(Cl)c(F)c2)n1. The molecule has 0 bridgehead atoms. The van der Waals surface area contributed by atoms with Crippen molar-refractivity contribution in [3.8, 4) is 0 Å². The van der Waals surface area contributed by atoms with Crippen LogP contribution in [0, 0.1) is 12.7 Å². The van der Waals surface area contributed by atoms with Gasteiger partial charge < -0.3 is 10.4 Å². The van der Waals surface area contributed by atoms with Crippen molar-refractivity contribution in [3.05, 3.63) is 64.2 Å². The topological polar surface area (TPSA) is 62.2 Å². The Morgan fingerprint density at radius 3 is 2.81 bits per heavy atom. The van der Waals surface area contributed by atoms with Gasteiger partial charge >= 0.3 is 0 Å². The second-order valence-corrected chi connectivity index (χ2v) is 4.95. The predicted octanol–water partition coefficient (Wildman–Crippen LogP) is 2.65. The van der Waals surface area contributed by atoms with Crippen LogP contribution in [0.2, 0.25) is 5.02 Å². The standard InChI is InChI=1S/C15H14ClFN2O2/c1-9-3-2-4-13(18-9)15(21)19-14(8-20)10-5-6-11(16)12(17)7-10/h2-7,14,20H,8H2,1H3,(H,19,21). The molecule has 0 radical (unpaired) electrons. The fourth-order valence-electron chi connectivity index (χ4n) is 1.87. The number of pyridine rings is 1. The molecule has 0 spiro atoms. The maximum atomic E-state index is 13.5. The van der Waals surface area contributed by atoms with Crippen molar-refractivity contribution in [2.24, 2.45) is 0 Å².